The summed E-state index contributed by atoms with van der Waals surface area (Å²) in [5.74, 6) is 0.457. The quantitative estimate of drug-likeness (QED) is 0.706. The van der Waals surface area contributed by atoms with Gasteiger partial charge in [-0.3, -0.25) is 9.59 Å². The van der Waals surface area contributed by atoms with Crippen LogP contribution in [0, 0.1) is 28.1 Å². The van der Waals surface area contributed by atoms with Gasteiger partial charge < -0.3 is 25.8 Å². The number of hydrogen-bond acceptors (Lipinski definition) is 7. The Balaban J connectivity index is 1.55. The Labute approximate surface area is 182 Å². The van der Waals surface area contributed by atoms with Crippen LogP contribution in [0.2, 0.25) is 0 Å². The Morgan fingerprint density at radius 3 is 2.35 bits per heavy atom. The van der Waals surface area contributed by atoms with Crippen molar-refractivity contribution in [2.45, 2.75) is 32.6 Å². The van der Waals surface area contributed by atoms with Gasteiger partial charge in [0.25, 0.3) is 5.91 Å². The van der Waals surface area contributed by atoms with Gasteiger partial charge in [0.05, 0.1) is 28.3 Å². The molecular formula is C22H29N7O2. The van der Waals surface area contributed by atoms with Crippen LogP contribution in [0.15, 0.2) is 6.20 Å². The number of nitrogen functional groups attached to an aromatic ring is 1. The van der Waals surface area contributed by atoms with Crippen LogP contribution >= 0.6 is 0 Å². The molecular weight excluding hydrogens is 394 g/mol. The Morgan fingerprint density at radius 1 is 1.19 bits per heavy atom. The largest absolute Gasteiger partial charge is 0.383 e. The molecule has 9 heteroatoms. The Kier molecular flexibility index (Phi) is 5.56. The molecule has 0 spiro atoms. The minimum atomic E-state index is -0.380. The van der Waals surface area contributed by atoms with E-state index in [1.807, 2.05) is 11.8 Å². The van der Waals surface area contributed by atoms with Crippen LogP contribution < -0.4 is 10.6 Å². The van der Waals surface area contributed by atoms with Gasteiger partial charge in [0, 0.05) is 57.6 Å². The smallest absolute Gasteiger partial charge is 0.257 e. The van der Waals surface area contributed by atoms with E-state index in [1.54, 1.807) is 4.90 Å². The number of carbonyl (C=O) groups excluding carboxylic acids is 2. The Morgan fingerprint density at radius 2 is 1.81 bits per heavy atom. The van der Waals surface area contributed by atoms with Crippen molar-refractivity contribution in [2.24, 2.45) is 11.3 Å². The first-order valence-electron chi connectivity index (χ1n) is 10.9. The fourth-order valence-corrected chi connectivity index (χ4v) is 4.40. The maximum Gasteiger partial charge on any atom is 0.257 e. The predicted molar refractivity (Wildman–Crippen MR) is 117 cm³/mol. The van der Waals surface area contributed by atoms with Crippen molar-refractivity contribution < 1.29 is 9.59 Å². The zero-order valence-electron chi connectivity index (χ0n) is 17.9. The van der Waals surface area contributed by atoms with E-state index < -0.39 is 0 Å². The molecule has 0 aromatic carbocycles. The van der Waals surface area contributed by atoms with E-state index in [0.29, 0.717) is 68.9 Å². The molecule has 31 heavy (non-hydrogen) atoms. The number of amides is 2. The summed E-state index contributed by atoms with van der Waals surface area (Å²) in [5.41, 5.74) is 7.15. The van der Waals surface area contributed by atoms with E-state index in [2.05, 4.69) is 16.0 Å². The number of pyridine rings is 1. The molecule has 3 fully saturated rings. The van der Waals surface area contributed by atoms with Crippen molar-refractivity contribution in [3.8, 4) is 6.07 Å². The number of rotatable bonds is 4. The van der Waals surface area contributed by atoms with Crippen LogP contribution in [0.1, 0.15) is 48.5 Å². The van der Waals surface area contributed by atoms with Gasteiger partial charge in [-0.05, 0) is 32.6 Å². The number of piperidine rings is 1. The molecule has 0 radical (unpaired) electrons. The fourth-order valence-electron chi connectivity index (χ4n) is 4.40. The monoisotopic (exact) mass is 423 g/mol. The summed E-state index contributed by atoms with van der Waals surface area (Å²) in [6.45, 7) is 5.22. The highest BCUT2D eigenvalue weighted by molar-refractivity contribution is 6.05. The average Bonchev–Trinajstić information content (AvgIpc) is 3.64. The number of nitrogens with zero attached hydrogens (tertiary/aromatic N) is 5. The number of hydrogen-bond donors (Lipinski definition) is 2. The highest BCUT2D eigenvalue weighted by Crippen LogP contribution is 2.36. The second-order valence-corrected chi connectivity index (χ2v) is 9.02. The van der Waals surface area contributed by atoms with Crippen LogP contribution in [0.3, 0.4) is 0 Å². The zero-order chi connectivity index (χ0) is 22.2. The highest BCUT2D eigenvalue weighted by Gasteiger charge is 2.37. The normalized spacial score (nSPS) is 20.8. The van der Waals surface area contributed by atoms with Gasteiger partial charge in [-0.25, -0.2) is 4.98 Å². The van der Waals surface area contributed by atoms with Gasteiger partial charge in [-0.15, -0.1) is 0 Å². The van der Waals surface area contributed by atoms with E-state index in [9.17, 15) is 14.9 Å². The SMILES string of the molecule is CC1(C#N)CCN(c2c(C(=O)N3CCN(C(=O)C4CC4)CC3)cnc(N)c2C=N)CC1. The molecule has 164 valence electrons. The lowest BCUT2D eigenvalue weighted by molar-refractivity contribution is -0.134. The lowest BCUT2D eigenvalue weighted by Gasteiger charge is -2.39. The van der Waals surface area contributed by atoms with Crippen molar-refractivity contribution in [2.75, 3.05) is 49.9 Å². The first-order chi connectivity index (χ1) is 14.9. The molecule has 0 atom stereocenters. The summed E-state index contributed by atoms with van der Waals surface area (Å²) in [6, 6.07) is 2.39. The maximum atomic E-state index is 13.4. The standard InChI is InChI=1S/C22H29N7O2/c1-22(14-24)4-6-27(7-5-22)18-16(12-23)19(25)26-13-17(18)21(31)29-10-8-28(9-11-29)20(30)15-2-3-15/h12-13,15,23H,2-11H2,1H3,(H2,25,26). The topological polar surface area (TPSA) is 130 Å². The highest BCUT2D eigenvalue weighted by atomic mass is 16.2. The summed E-state index contributed by atoms with van der Waals surface area (Å²) in [7, 11) is 0. The number of piperazine rings is 1. The number of aromatic nitrogens is 1. The third-order valence-electron chi connectivity index (χ3n) is 6.75. The van der Waals surface area contributed by atoms with Gasteiger partial charge in [-0.1, -0.05) is 0 Å². The van der Waals surface area contributed by atoms with Crippen molar-refractivity contribution in [1.29, 1.82) is 10.7 Å². The summed E-state index contributed by atoms with van der Waals surface area (Å²) in [6.07, 6.45) is 5.97. The molecule has 2 saturated heterocycles. The maximum absolute atomic E-state index is 13.4. The second kappa shape index (κ2) is 8.17. The summed E-state index contributed by atoms with van der Waals surface area (Å²) >= 11 is 0. The van der Waals surface area contributed by atoms with E-state index >= 15 is 0 Å². The number of anilines is 2. The van der Waals surface area contributed by atoms with Gasteiger partial charge >= 0.3 is 0 Å². The van der Waals surface area contributed by atoms with Crippen LogP contribution in [-0.2, 0) is 4.79 Å². The minimum Gasteiger partial charge on any atom is -0.383 e. The van der Waals surface area contributed by atoms with E-state index in [1.165, 1.54) is 6.20 Å². The molecule has 4 rings (SSSR count). The van der Waals surface area contributed by atoms with Gasteiger partial charge in [0.2, 0.25) is 5.91 Å². The van der Waals surface area contributed by atoms with E-state index in [-0.39, 0.29) is 29.0 Å². The summed E-state index contributed by atoms with van der Waals surface area (Å²) in [4.78, 5) is 35.6. The van der Waals surface area contributed by atoms with E-state index in [0.717, 1.165) is 19.1 Å². The first-order valence-corrected chi connectivity index (χ1v) is 10.9. The zero-order valence-corrected chi connectivity index (χ0v) is 17.9. The molecule has 3 heterocycles. The summed E-state index contributed by atoms with van der Waals surface area (Å²) < 4.78 is 0. The van der Waals surface area contributed by atoms with Gasteiger partial charge in [-0.2, -0.15) is 5.26 Å². The van der Waals surface area contributed by atoms with Gasteiger partial charge in [0.15, 0.2) is 0 Å². The van der Waals surface area contributed by atoms with Crippen LogP contribution in [0.25, 0.3) is 0 Å². The molecule has 0 bridgehead atoms. The lowest BCUT2D eigenvalue weighted by atomic mass is 9.81. The molecule has 9 nitrogen and oxygen atoms in total. The molecule has 1 aromatic rings. The molecule has 3 aliphatic rings. The summed E-state index contributed by atoms with van der Waals surface area (Å²) in [5, 5.41) is 17.3. The van der Waals surface area contributed by atoms with Crippen LogP contribution in [-0.4, -0.2) is 72.1 Å². The molecule has 2 amide bonds. The Bertz CT molecular complexity index is 934. The van der Waals surface area contributed by atoms with Crippen molar-refractivity contribution in [3.05, 3.63) is 17.3 Å². The molecule has 0 unspecified atom stereocenters. The molecule has 1 aromatic heterocycles. The molecule has 1 saturated carbocycles. The second-order valence-electron chi connectivity index (χ2n) is 9.02. The average molecular weight is 424 g/mol. The van der Waals surface area contributed by atoms with Crippen molar-refractivity contribution >= 4 is 29.5 Å². The fraction of sp³-hybridized carbons (Fsp3) is 0.591. The Hall–Kier alpha value is -3.15. The first kappa shape index (κ1) is 21.1. The van der Waals surface area contributed by atoms with Crippen LogP contribution in [0.5, 0.6) is 0 Å². The minimum absolute atomic E-state index is 0.155. The third kappa shape index (κ3) is 4.07. The predicted octanol–water partition coefficient (Wildman–Crippen LogP) is 1.49. The van der Waals surface area contributed by atoms with Gasteiger partial charge in [0.1, 0.15) is 5.82 Å². The van der Waals surface area contributed by atoms with Crippen molar-refractivity contribution in [1.82, 2.24) is 14.8 Å². The number of nitriles is 1. The molecule has 3 N–H and O–H groups in total. The van der Waals surface area contributed by atoms with Crippen molar-refractivity contribution in [3.63, 3.8) is 0 Å². The number of nitrogens with two attached hydrogens (primary N) is 1. The lowest BCUT2D eigenvalue weighted by Crippen LogP contribution is -2.51. The van der Waals surface area contributed by atoms with E-state index in [4.69, 9.17) is 11.1 Å². The number of nitrogens with one attached hydrogen (secondary N) is 1. The third-order valence-corrected chi connectivity index (χ3v) is 6.75. The number of carbonyl (C=O) groups is 2. The molecule has 2 aliphatic heterocycles. The van der Waals surface area contributed by atoms with Crippen LogP contribution in [0.4, 0.5) is 11.5 Å². The molecule has 1 aliphatic carbocycles.